The maximum absolute atomic E-state index is 13.1. The van der Waals surface area contributed by atoms with E-state index in [4.69, 9.17) is 0 Å². The van der Waals surface area contributed by atoms with Gasteiger partial charge in [0, 0.05) is 10.9 Å². The molecule has 4 heteroatoms. The first-order chi connectivity index (χ1) is 13.2. The van der Waals surface area contributed by atoms with Crippen LogP contribution in [-0.2, 0) is 4.79 Å². The van der Waals surface area contributed by atoms with Gasteiger partial charge in [0.15, 0.2) is 0 Å². The summed E-state index contributed by atoms with van der Waals surface area (Å²) in [4.78, 5) is 14.2. The van der Waals surface area contributed by atoms with Gasteiger partial charge in [-0.25, -0.2) is 4.72 Å². The van der Waals surface area contributed by atoms with Gasteiger partial charge in [-0.1, -0.05) is 39.8 Å². The fraction of sp³-hybridized carbons (Fsp3) is 0.708. The van der Waals surface area contributed by atoms with Crippen LogP contribution >= 0.6 is 11.9 Å². The number of amides is 1. The van der Waals surface area contributed by atoms with Crippen molar-refractivity contribution in [2.75, 3.05) is 0 Å². The molecule has 0 saturated heterocycles. The van der Waals surface area contributed by atoms with Crippen LogP contribution in [0.3, 0.4) is 0 Å². The monoisotopic (exact) mass is 402 g/mol. The van der Waals surface area contributed by atoms with Crippen molar-refractivity contribution in [3.8, 4) is 0 Å². The molecular weight excluding hydrogens is 364 g/mol. The molecule has 156 valence electrons. The molecule has 1 amide bonds. The van der Waals surface area contributed by atoms with E-state index in [0.29, 0.717) is 23.8 Å². The lowest BCUT2D eigenvalue weighted by Gasteiger charge is -2.47. The van der Waals surface area contributed by atoms with Crippen LogP contribution < -0.4 is 10.0 Å². The van der Waals surface area contributed by atoms with Crippen LogP contribution in [0.15, 0.2) is 29.2 Å². The van der Waals surface area contributed by atoms with Gasteiger partial charge in [-0.15, -0.1) is 0 Å². The molecule has 0 spiro atoms. The van der Waals surface area contributed by atoms with Crippen molar-refractivity contribution in [1.29, 1.82) is 0 Å². The lowest BCUT2D eigenvalue weighted by Crippen LogP contribution is -2.58. The van der Waals surface area contributed by atoms with E-state index >= 15 is 0 Å². The fourth-order valence-corrected chi connectivity index (χ4v) is 5.91. The van der Waals surface area contributed by atoms with Gasteiger partial charge in [0.1, 0.15) is 5.54 Å². The summed E-state index contributed by atoms with van der Waals surface area (Å²) in [6.07, 6.45) is 5.19. The molecule has 28 heavy (non-hydrogen) atoms. The van der Waals surface area contributed by atoms with Gasteiger partial charge in [-0.2, -0.15) is 0 Å². The van der Waals surface area contributed by atoms with Crippen LogP contribution in [0.25, 0.3) is 0 Å². The molecule has 2 aliphatic carbocycles. The lowest BCUT2D eigenvalue weighted by molar-refractivity contribution is -0.128. The Hall–Kier alpha value is -1.00. The second-order valence-corrected chi connectivity index (χ2v) is 11.1. The maximum atomic E-state index is 13.1. The van der Waals surface area contributed by atoms with E-state index in [1.165, 1.54) is 31.2 Å². The Balaban J connectivity index is 1.57. The van der Waals surface area contributed by atoms with Crippen molar-refractivity contribution < 1.29 is 4.79 Å². The van der Waals surface area contributed by atoms with E-state index in [1.54, 1.807) is 11.9 Å². The van der Waals surface area contributed by atoms with Gasteiger partial charge < -0.3 is 5.32 Å². The van der Waals surface area contributed by atoms with Crippen molar-refractivity contribution in [3.05, 3.63) is 29.8 Å². The Morgan fingerprint density at radius 2 is 1.75 bits per heavy atom. The molecule has 3 rings (SSSR count). The molecule has 2 N–H and O–H groups in total. The smallest absolute Gasteiger partial charge is 0.240 e. The quantitative estimate of drug-likeness (QED) is 0.594. The molecule has 2 bridgehead atoms. The highest BCUT2D eigenvalue weighted by molar-refractivity contribution is 7.97. The number of rotatable bonds is 6. The number of hydrogen-bond acceptors (Lipinski definition) is 3. The number of hydrogen-bond donors (Lipinski definition) is 2. The summed E-state index contributed by atoms with van der Waals surface area (Å²) in [6, 6.07) is 8.93. The fourth-order valence-electron chi connectivity index (χ4n) is 5.17. The summed E-state index contributed by atoms with van der Waals surface area (Å²) in [7, 11) is 0. The highest BCUT2D eigenvalue weighted by Gasteiger charge is 2.42. The minimum atomic E-state index is -0.613. The second-order valence-electron chi connectivity index (χ2n) is 10.2. The molecule has 5 unspecified atom stereocenters. The molecular formula is C24H38N2OS. The van der Waals surface area contributed by atoms with Crippen molar-refractivity contribution in [1.82, 2.24) is 10.0 Å². The van der Waals surface area contributed by atoms with E-state index in [9.17, 15) is 4.79 Å². The molecule has 2 saturated carbocycles. The first-order valence-electron chi connectivity index (χ1n) is 11.0. The van der Waals surface area contributed by atoms with Gasteiger partial charge in [-0.05, 0) is 98.8 Å². The molecule has 2 aliphatic rings. The van der Waals surface area contributed by atoms with Crippen molar-refractivity contribution in [3.63, 3.8) is 0 Å². The van der Waals surface area contributed by atoms with Gasteiger partial charge in [-0.3, -0.25) is 4.79 Å². The number of fused-ring (bicyclic) bond motifs is 2. The zero-order chi connectivity index (χ0) is 20.5. The van der Waals surface area contributed by atoms with Gasteiger partial charge in [0.25, 0.3) is 0 Å². The summed E-state index contributed by atoms with van der Waals surface area (Å²) in [5, 5.41) is 3.43. The molecule has 1 aromatic carbocycles. The molecule has 0 aromatic heterocycles. The first-order valence-corrected chi connectivity index (χ1v) is 11.8. The van der Waals surface area contributed by atoms with Crippen LogP contribution in [0.1, 0.15) is 78.7 Å². The summed E-state index contributed by atoms with van der Waals surface area (Å²) < 4.78 is 3.40. The SMILES string of the molecule is CC1CC2CC(C)C(NC(=O)C(C)(C)NSc3ccc(C(C)C)cc3)C(C1)C2. The molecule has 2 fully saturated rings. The van der Waals surface area contributed by atoms with Crippen molar-refractivity contribution >= 4 is 17.9 Å². The Morgan fingerprint density at radius 1 is 1.07 bits per heavy atom. The average Bonchev–Trinajstić information content (AvgIpc) is 2.63. The largest absolute Gasteiger partial charge is 0.351 e. The van der Waals surface area contributed by atoms with Crippen LogP contribution in [0.4, 0.5) is 0 Å². The zero-order valence-electron chi connectivity index (χ0n) is 18.4. The van der Waals surface area contributed by atoms with E-state index in [1.807, 2.05) is 13.8 Å². The number of nitrogens with one attached hydrogen (secondary N) is 2. The Bertz CT molecular complexity index is 666. The molecule has 5 atom stereocenters. The third-order valence-electron chi connectivity index (χ3n) is 6.74. The predicted octanol–water partition coefficient (Wildman–Crippen LogP) is 5.76. The topological polar surface area (TPSA) is 41.1 Å². The van der Waals surface area contributed by atoms with Gasteiger partial charge in [0.05, 0.1) is 0 Å². The summed E-state index contributed by atoms with van der Waals surface area (Å²) >= 11 is 1.55. The molecule has 0 radical (unpaired) electrons. The van der Waals surface area contributed by atoms with E-state index in [0.717, 1.165) is 16.7 Å². The normalized spacial score (nSPS) is 30.3. The molecule has 3 nitrogen and oxygen atoms in total. The Kier molecular flexibility index (Phi) is 6.81. The number of carbonyl (C=O) groups is 1. The summed E-state index contributed by atoms with van der Waals surface area (Å²) in [5.41, 5.74) is 0.728. The highest BCUT2D eigenvalue weighted by Crippen LogP contribution is 2.44. The van der Waals surface area contributed by atoms with Gasteiger partial charge >= 0.3 is 0 Å². The standard InChI is InChI=1S/C24H38N2OS/c1-15(2)19-7-9-21(10-8-19)28-26-24(5,6)23(27)25-22-17(4)13-18-11-16(3)12-20(22)14-18/h7-10,15-18,20,22,26H,11-14H2,1-6H3,(H,25,27). The van der Waals surface area contributed by atoms with E-state index in [-0.39, 0.29) is 5.91 Å². The van der Waals surface area contributed by atoms with E-state index < -0.39 is 5.54 Å². The third-order valence-corrected chi connectivity index (χ3v) is 7.86. The van der Waals surface area contributed by atoms with Crippen molar-refractivity contribution in [2.45, 2.75) is 89.6 Å². The predicted molar refractivity (Wildman–Crippen MR) is 119 cm³/mol. The van der Waals surface area contributed by atoms with E-state index in [2.05, 4.69) is 62.0 Å². The minimum Gasteiger partial charge on any atom is -0.351 e. The van der Waals surface area contributed by atoms with Crippen molar-refractivity contribution in [2.24, 2.45) is 23.7 Å². The van der Waals surface area contributed by atoms with Gasteiger partial charge in [0.2, 0.25) is 5.91 Å². The zero-order valence-corrected chi connectivity index (χ0v) is 19.2. The summed E-state index contributed by atoms with van der Waals surface area (Å²) in [5.74, 6) is 3.54. The van der Waals surface area contributed by atoms with Crippen LogP contribution in [-0.4, -0.2) is 17.5 Å². The second kappa shape index (κ2) is 8.79. The highest BCUT2D eigenvalue weighted by atomic mass is 32.2. The van der Waals surface area contributed by atoms with Crippen LogP contribution in [0.2, 0.25) is 0 Å². The first kappa shape index (κ1) is 21.7. The molecule has 1 aromatic rings. The Labute approximate surface area is 176 Å². The number of carbonyl (C=O) groups excluding carboxylic acids is 1. The average molecular weight is 403 g/mol. The number of benzene rings is 1. The van der Waals surface area contributed by atoms with Crippen LogP contribution in [0, 0.1) is 23.7 Å². The molecule has 0 heterocycles. The Morgan fingerprint density at radius 3 is 2.39 bits per heavy atom. The van der Waals surface area contributed by atoms with Crippen LogP contribution in [0.5, 0.6) is 0 Å². The third kappa shape index (κ3) is 5.13. The molecule has 0 aliphatic heterocycles. The maximum Gasteiger partial charge on any atom is 0.240 e. The lowest BCUT2D eigenvalue weighted by atomic mass is 9.63. The minimum absolute atomic E-state index is 0.118. The summed E-state index contributed by atoms with van der Waals surface area (Å²) in [6.45, 7) is 13.1.